The van der Waals surface area contributed by atoms with Crippen molar-refractivity contribution >= 4 is 27.3 Å². The Balaban J connectivity index is 2.09. The van der Waals surface area contributed by atoms with Gasteiger partial charge in [-0.1, -0.05) is 0 Å². The first-order valence-electron chi connectivity index (χ1n) is 7.43. The fraction of sp³-hybridized carbons (Fsp3) is 0.176. The van der Waals surface area contributed by atoms with Crippen molar-refractivity contribution in [1.82, 2.24) is 0 Å². The van der Waals surface area contributed by atoms with Crippen molar-refractivity contribution in [2.45, 2.75) is 6.42 Å². The minimum Gasteiger partial charge on any atom is -0.324 e. The number of anilines is 2. The van der Waals surface area contributed by atoms with E-state index in [1.54, 1.807) is 0 Å². The van der Waals surface area contributed by atoms with Gasteiger partial charge in [0.1, 0.15) is 11.6 Å². The number of nitrogens with one attached hydrogen (secondary N) is 1. The zero-order valence-electron chi connectivity index (χ0n) is 13.7. The molecule has 1 N–H and O–H groups in total. The van der Waals surface area contributed by atoms with Crippen molar-refractivity contribution in [2.75, 3.05) is 22.4 Å². The fourth-order valence-corrected chi connectivity index (χ4v) is 3.12. The number of carbonyl (C=O) groups excluding carboxylic acids is 1. The highest BCUT2D eigenvalue weighted by molar-refractivity contribution is 7.92. The molecule has 0 bridgehead atoms. The summed E-state index contributed by atoms with van der Waals surface area (Å²) in [6.45, 7) is -0.181. The van der Waals surface area contributed by atoms with E-state index in [-0.39, 0.29) is 18.7 Å². The van der Waals surface area contributed by atoms with Crippen LogP contribution in [-0.4, -0.2) is 27.1 Å². The van der Waals surface area contributed by atoms with E-state index in [1.165, 1.54) is 24.3 Å². The Kier molecular flexibility index (Phi) is 5.90. The van der Waals surface area contributed by atoms with Crippen LogP contribution in [0, 0.1) is 23.0 Å². The van der Waals surface area contributed by atoms with Crippen LogP contribution >= 0.6 is 0 Å². The summed E-state index contributed by atoms with van der Waals surface area (Å²) in [6.07, 6.45) is 0.743. The van der Waals surface area contributed by atoms with Gasteiger partial charge in [0, 0.05) is 19.0 Å². The van der Waals surface area contributed by atoms with Gasteiger partial charge in [-0.3, -0.25) is 9.10 Å². The van der Waals surface area contributed by atoms with Gasteiger partial charge in [0.05, 0.1) is 29.3 Å². The molecule has 0 radical (unpaired) electrons. The monoisotopic (exact) mass is 379 g/mol. The summed E-state index contributed by atoms with van der Waals surface area (Å²) in [4.78, 5) is 12.0. The van der Waals surface area contributed by atoms with E-state index >= 15 is 0 Å². The number of amides is 1. The van der Waals surface area contributed by atoms with E-state index < -0.39 is 27.6 Å². The second-order valence-electron chi connectivity index (χ2n) is 5.42. The number of hydrogen-bond donors (Lipinski definition) is 1. The summed E-state index contributed by atoms with van der Waals surface area (Å²) in [6, 6.07) is 10.5. The number of nitrogens with zero attached hydrogens (tertiary/aromatic N) is 2. The van der Waals surface area contributed by atoms with E-state index in [2.05, 4.69) is 5.32 Å². The quantitative estimate of drug-likeness (QED) is 0.835. The van der Waals surface area contributed by atoms with Gasteiger partial charge in [-0.15, -0.1) is 0 Å². The summed E-state index contributed by atoms with van der Waals surface area (Å²) < 4.78 is 51.4. The SMILES string of the molecule is CS(=O)(=O)N(CCC(=O)Nc1ccc(F)cc1F)c1ccc(C#N)cc1. The molecule has 0 unspecified atom stereocenters. The molecule has 0 spiro atoms. The average Bonchev–Trinajstić information content (AvgIpc) is 2.57. The third kappa shape index (κ3) is 5.00. The zero-order chi connectivity index (χ0) is 19.3. The lowest BCUT2D eigenvalue weighted by Crippen LogP contribution is -2.33. The van der Waals surface area contributed by atoms with Gasteiger partial charge in [0.2, 0.25) is 15.9 Å². The smallest absolute Gasteiger partial charge is 0.232 e. The third-order valence-corrected chi connectivity index (χ3v) is 4.63. The van der Waals surface area contributed by atoms with Gasteiger partial charge < -0.3 is 5.32 Å². The van der Waals surface area contributed by atoms with Crippen molar-refractivity contribution in [1.29, 1.82) is 5.26 Å². The summed E-state index contributed by atoms with van der Waals surface area (Å²) >= 11 is 0. The molecule has 0 saturated heterocycles. The Bertz CT molecular complexity index is 954. The molecule has 0 aromatic heterocycles. The fourth-order valence-electron chi connectivity index (χ4n) is 2.20. The molecule has 2 aromatic carbocycles. The molecule has 0 saturated carbocycles. The first-order chi connectivity index (χ1) is 12.2. The molecule has 0 aliphatic carbocycles. The third-order valence-electron chi connectivity index (χ3n) is 3.43. The van der Waals surface area contributed by atoms with Crippen LogP contribution in [0.1, 0.15) is 12.0 Å². The van der Waals surface area contributed by atoms with Crippen LogP contribution in [0.2, 0.25) is 0 Å². The molecule has 0 heterocycles. The Morgan fingerprint density at radius 3 is 2.38 bits per heavy atom. The van der Waals surface area contributed by atoms with Crippen molar-refractivity contribution in [3.8, 4) is 6.07 Å². The Morgan fingerprint density at radius 2 is 1.85 bits per heavy atom. The summed E-state index contributed by atoms with van der Waals surface area (Å²) in [7, 11) is -3.67. The first kappa shape index (κ1) is 19.3. The van der Waals surface area contributed by atoms with Crippen molar-refractivity contribution in [3.05, 3.63) is 59.7 Å². The van der Waals surface area contributed by atoms with Gasteiger partial charge in [-0.2, -0.15) is 5.26 Å². The van der Waals surface area contributed by atoms with Gasteiger partial charge >= 0.3 is 0 Å². The highest BCUT2D eigenvalue weighted by Gasteiger charge is 2.19. The summed E-state index contributed by atoms with van der Waals surface area (Å²) in [5.41, 5.74) is 0.472. The van der Waals surface area contributed by atoms with E-state index in [4.69, 9.17) is 5.26 Å². The largest absolute Gasteiger partial charge is 0.324 e. The lowest BCUT2D eigenvalue weighted by Gasteiger charge is -2.22. The maximum absolute atomic E-state index is 13.5. The number of halogens is 2. The number of sulfonamides is 1. The normalized spacial score (nSPS) is 10.8. The molecule has 2 rings (SSSR count). The van der Waals surface area contributed by atoms with E-state index in [0.29, 0.717) is 17.3 Å². The number of nitriles is 1. The van der Waals surface area contributed by atoms with Crippen LogP contribution in [0.4, 0.5) is 20.2 Å². The molecule has 9 heteroatoms. The minimum absolute atomic E-state index is 0.181. The Hall–Kier alpha value is -2.99. The number of benzene rings is 2. The van der Waals surface area contributed by atoms with Crippen LogP contribution < -0.4 is 9.62 Å². The second-order valence-corrected chi connectivity index (χ2v) is 7.32. The van der Waals surface area contributed by atoms with Crippen molar-refractivity contribution in [3.63, 3.8) is 0 Å². The van der Waals surface area contributed by atoms with Gasteiger partial charge in [0.25, 0.3) is 0 Å². The molecular weight excluding hydrogens is 364 g/mol. The molecule has 26 heavy (non-hydrogen) atoms. The molecule has 0 fully saturated rings. The van der Waals surface area contributed by atoms with Gasteiger partial charge in [0.15, 0.2) is 0 Å². The second kappa shape index (κ2) is 7.93. The van der Waals surface area contributed by atoms with Gasteiger partial charge in [-0.25, -0.2) is 17.2 Å². The molecule has 1 amide bonds. The standard InChI is InChI=1S/C17H15F2N3O3S/c1-26(24,25)22(14-5-2-12(11-20)3-6-14)9-8-17(23)21-16-7-4-13(18)10-15(16)19/h2-7,10H,8-9H2,1H3,(H,21,23). The van der Waals surface area contributed by atoms with Crippen molar-refractivity contribution in [2.24, 2.45) is 0 Å². The lowest BCUT2D eigenvalue weighted by molar-refractivity contribution is -0.116. The maximum Gasteiger partial charge on any atom is 0.232 e. The van der Waals surface area contributed by atoms with Crippen LogP contribution in [0.15, 0.2) is 42.5 Å². The topological polar surface area (TPSA) is 90.3 Å². The van der Waals surface area contributed by atoms with Crippen LogP contribution in [0.5, 0.6) is 0 Å². The van der Waals surface area contributed by atoms with Crippen LogP contribution in [0.25, 0.3) is 0 Å². The van der Waals surface area contributed by atoms with Crippen molar-refractivity contribution < 1.29 is 22.0 Å². The summed E-state index contributed by atoms with van der Waals surface area (Å²) in [5, 5.41) is 11.1. The first-order valence-corrected chi connectivity index (χ1v) is 9.28. The Labute approximate surface area is 149 Å². The highest BCUT2D eigenvalue weighted by Crippen LogP contribution is 2.19. The minimum atomic E-state index is -3.67. The molecule has 0 aliphatic rings. The molecule has 0 aliphatic heterocycles. The number of carbonyl (C=O) groups is 1. The Morgan fingerprint density at radius 1 is 1.19 bits per heavy atom. The average molecular weight is 379 g/mol. The highest BCUT2D eigenvalue weighted by atomic mass is 32.2. The van der Waals surface area contributed by atoms with E-state index in [1.807, 2.05) is 6.07 Å². The lowest BCUT2D eigenvalue weighted by atomic mass is 10.2. The van der Waals surface area contributed by atoms with Gasteiger partial charge in [-0.05, 0) is 36.4 Å². The predicted octanol–water partition coefficient (Wildman–Crippen LogP) is 2.63. The molecule has 0 atom stereocenters. The maximum atomic E-state index is 13.5. The molecular formula is C17H15F2N3O3S. The van der Waals surface area contributed by atoms with Crippen LogP contribution in [0.3, 0.4) is 0 Å². The molecule has 136 valence electrons. The van der Waals surface area contributed by atoms with E-state index in [0.717, 1.165) is 22.7 Å². The number of hydrogen-bond acceptors (Lipinski definition) is 4. The molecule has 6 nitrogen and oxygen atoms in total. The zero-order valence-corrected chi connectivity index (χ0v) is 14.6. The number of rotatable bonds is 6. The molecule has 2 aromatic rings. The van der Waals surface area contributed by atoms with E-state index in [9.17, 15) is 22.0 Å². The van der Waals surface area contributed by atoms with Crippen LogP contribution in [-0.2, 0) is 14.8 Å². The summed E-state index contributed by atoms with van der Waals surface area (Å²) in [5.74, 6) is -2.33. The predicted molar refractivity (Wildman–Crippen MR) is 93.0 cm³/mol.